The summed E-state index contributed by atoms with van der Waals surface area (Å²) in [5.41, 5.74) is 0. The van der Waals surface area contributed by atoms with Crippen molar-refractivity contribution in [3.05, 3.63) is 13.2 Å². The highest BCUT2D eigenvalue weighted by Crippen LogP contribution is 2.06. The van der Waals surface area contributed by atoms with Crippen LogP contribution in [0.1, 0.15) is 65.7 Å². The number of alkyl halides is 1. The monoisotopic (exact) mass is 322 g/mol. The molecule has 128 valence electrons. The van der Waals surface area contributed by atoms with E-state index in [1.165, 1.54) is 25.7 Å². The maximum Gasteiger partial charge on any atom is 0.154 e. The third kappa shape index (κ3) is 32.8. The van der Waals surface area contributed by atoms with Crippen LogP contribution in [0.25, 0.3) is 0 Å². The Labute approximate surface area is 137 Å². The van der Waals surface area contributed by atoms with Gasteiger partial charge in [-0.15, -0.1) is 24.8 Å². The molecule has 21 heavy (non-hydrogen) atoms. The number of rotatable bonds is 12. The molecule has 0 aromatic heterocycles. The maximum absolute atomic E-state index is 9.92. The molecule has 0 atom stereocenters. The number of carbonyl (C=O) groups is 1. The molecule has 4 heteroatoms. The molecule has 0 saturated heterocycles. The van der Waals surface area contributed by atoms with Crippen molar-refractivity contribution >= 4 is 17.9 Å². The molecule has 0 radical (unpaired) electrons. The minimum Gasteiger partial charge on any atom is -0.353 e. The first-order valence-electron chi connectivity index (χ1n) is 7.95. The van der Waals surface area contributed by atoms with Crippen LogP contribution in [0, 0.1) is 0 Å². The van der Waals surface area contributed by atoms with Gasteiger partial charge in [-0.25, -0.2) is 0 Å². The van der Waals surface area contributed by atoms with Gasteiger partial charge in [0.05, 0.1) is 0 Å². The number of unbranched alkanes of at least 4 members (excludes halogenated alkanes) is 6. The summed E-state index contributed by atoms with van der Waals surface area (Å²) in [5, 5.41) is 0. The van der Waals surface area contributed by atoms with Gasteiger partial charge in [0.2, 0.25) is 0 Å². The summed E-state index contributed by atoms with van der Waals surface area (Å²) >= 11 is 5.52. The van der Waals surface area contributed by atoms with Gasteiger partial charge in [-0.1, -0.05) is 25.7 Å². The highest BCUT2D eigenvalue weighted by Gasteiger charge is 1.94. The first-order valence-corrected chi connectivity index (χ1v) is 8.49. The lowest BCUT2D eigenvalue weighted by Gasteiger charge is -2.09. The van der Waals surface area contributed by atoms with Gasteiger partial charge in [0.15, 0.2) is 6.29 Å². The Morgan fingerprint density at radius 2 is 1.38 bits per heavy atom. The quantitative estimate of drug-likeness (QED) is 0.159. The average molecular weight is 323 g/mol. The summed E-state index contributed by atoms with van der Waals surface area (Å²) < 4.78 is 10.1. The zero-order chi connectivity index (χ0) is 16.8. The molecule has 0 bridgehead atoms. The fourth-order valence-corrected chi connectivity index (χ4v) is 1.74. The molecule has 0 aliphatic carbocycles. The van der Waals surface area contributed by atoms with Crippen molar-refractivity contribution in [1.29, 1.82) is 0 Å². The smallest absolute Gasteiger partial charge is 0.154 e. The summed E-state index contributed by atoms with van der Waals surface area (Å²) in [5.74, 6) is 0.786. The standard InChI is InChI=1S/C9H17ClO.C6H14O2.C2H4/c10-8-6-4-2-1-3-5-7-9-11;1-4-7-6(3)8-5-2;1-2/h9H,1-8H2;6H,4-5H2,1-3H3;1-2H2. The molecule has 0 aliphatic heterocycles. The Kier molecular flexibility index (Phi) is 33.9. The lowest BCUT2D eigenvalue weighted by Crippen LogP contribution is -2.11. The molecule has 0 saturated carbocycles. The molecule has 0 heterocycles. The van der Waals surface area contributed by atoms with E-state index >= 15 is 0 Å². The highest BCUT2D eigenvalue weighted by molar-refractivity contribution is 6.17. The van der Waals surface area contributed by atoms with Crippen molar-refractivity contribution < 1.29 is 14.3 Å². The summed E-state index contributed by atoms with van der Waals surface area (Å²) in [7, 11) is 0. The van der Waals surface area contributed by atoms with Gasteiger partial charge >= 0.3 is 0 Å². The predicted octanol–water partition coefficient (Wildman–Crippen LogP) is 5.36. The number of halogens is 1. The number of ether oxygens (including phenoxy) is 2. The van der Waals surface area contributed by atoms with E-state index in [0.717, 1.165) is 44.6 Å². The van der Waals surface area contributed by atoms with E-state index in [-0.39, 0.29) is 6.29 Å². The lowest BCUT2D eigenvalue weighted by atomic mass is 10.1. The zero-order valence-corrected chi connectivity index (χ0v) is 15.0. The minimum atomic E-state index is -0.0370. The Hall–Kier alpha value is -0.380. The molecule has 0 spiro atoms. The van der Waals surface area contributed by atoms with E-state index in [9.17, 15) is 4.79 Å². The number of hydrogen-bond acceptors (Lipinski definition) is 3. The van der Waals surface area contributed by atoms with Gasteiger partial charge in [0.25, 0.3) is 0 Å². The topological polar surface area (TPSA) is 35.5 Å². The fraction of sp³-hybridized carbons (Fsp3) is 0.824. The van der Waals surface area contributed by atoms with Crippen LogP contribution in [0.15, 0.2) is 13.2 Å². The number of hydrogen-bond donors (Lipinski definition) is 0. The van der Waals surface area contributed by atoms with Crippen LogP contribution < -0.4 is 0 Å². The van der Waals surface area contributed by atoms with E-state index in [1.807, 2.05) is 20.8 Å². The van der Waals surface area contributed by atoms with E-state index in [0.29, 0.717) is 0 Å². The van der Waals surface area contributed by atoms with Gasteiger partial charge in [0.1, 0.15) is 6.29 Å². The first kappa shape index (κ1) is 25.6. The third-order valence-corrected chi connectivity index (χ3v) is 2.78. The summed E-state index contributed by atoms with van der Waals surface area (Å²) in [6.07, 6.45) is 8.85. The van der Waals surface area contributed by atoms with Crippen LogP contribution in [-0.2, 0) is 14.3 Å². The van der Waals surface area contributed by atoms with Crippen LogP contribution in [0.5, 0.6) is 0 Å². The molecule has 0 aromatic rings. The maximum atomic E-state index is 9.92. The van der Waals surface area contributed by atoms with Gasteiger partial charge < -0.3 is 14.3 Å². The van der Waals surface area contributed by atoms with Crippen molar-refractivity contribution in [1.82, 2.24) is 0 Å². The Bertz CT molecular complexity index is 171. The van der Waals surface area contributed by atoms with E-state index in [1.54, 1.807) is 0 Å². The molecule has 0 N–H and O–H groups in total. The second kappa shape index (κ2) is 27.9. The van der Waals surface area contributed by atoms with Gasteiger partial charge in [-0.3, -0.25) is 0 Å². The van der Waals surface area contributed by atoms with Crippen molar-refractivity contribution in [2.24, 2.45) is 0 Å². The predicted molar refractivity (Wildman–Crippen MR) is 93.1 cm³/mol. The molecule has 0 unspecified atom stereocenters. The van der Waals surface area contributed by atoms with Gasteiger partial charge in [-0.2, -0.15) is 0 Å². The largest absolute Gasteiger partial charge is 0.353 e. The fourth-order valence-electron chi connectivity index (χ4n) is 1.55. The molecule has 0 aromatic carbocycles. The second-order valence-corrected chi connectivity index (χ2v) is 4.62. The summed E-state index contributed by atoms with van der Waals surface area (Å²) in [6, 6.07) is 0. The molecular weight excluding hydrogens is 288 g/mol. The second-order valence-electron chi connectivity index (χ2n) is 4.24. The zero-order valence-electron chi connectivity index (χ0n) is 14.2. The van der Waals surface area contributed by atoms with Crippen molar-refractivity contribution in [3.63, 3.8) is 0 Å². The average Bonchev–Trinajstić information content (AvgIpc) is 2.50. The molecule has 0 aliphatic rings. The number of aldehydes is 1. The Balaban J connectivity index is -0.000000286. The lowest BCUT2D eigenvalue weighted by molar-refractivity contribution is -0.123. The van der Waals surface area contributed by atoms with Crippen LogP contribution in [0.3, 0.4) is 0 Å². The number of carbonyl (C=O) groups excluding carboxylic acids is 1. The molecule has 3 nitrogen and oxygen atoms in total. The van der Waals surface area contributed by atoms with Gasteiger partial charge in [-0.05, 0) is 33.6 Å². The van der Waals surface area contributed by atoms with Crippen LogP contribution >= 0.6 is 11.6 Å². The molecule has 0 fully saturated rings. The normalized spacial score (nSPS) is 9.38. The van der Waals surface area contributed by atoms with Gasteiger partial charge in [0, 0.05) is 25.5 Å². The van der Waals surface area contributed by atoms with E-state index in [4.69, 9.17) is 21.1 Å². The van der Waals surface area contributed by atoms with Crippen molar-refractivity contribution in [3.8, 4) is 0 Å². The van der Waals surface area contributed by atoms with Crippen molar-refractivity contribution in [2.75, 3.05) is 19.1 Å². The van der Waals surface area contributed by atoms with Crippen LogP contribution in [0.2, 0.25) is 0 Å². The summed E-state index contributed by atoms with van der Waals surface area (Å²) in [6.45, 7) is 13.3. The Morgan fingerprint density at radius 3 is 1.76 bits per heavy atom. The molecule has 0 amide bonds. The highest BCUT2D eigenvalue weighted by atomic mass is 35.5. The third-order valence-electron chi connectivity index (χ3n) is 2.51. The van der Waals surface area contributed by atoms with Crippen LogP contribution in [-0.4, -0.2) is 31.7 Å². The molecular formula is C17H35ClO3. The SMILES string of the molecule is C=C.CCOC(C)OCC.O=CCCCCCCCCCl. The van der Waals surface area contributed by atoms with Crippen LogP contribution in [0.4, 0.5) is 0 Å². The Morgan fingerprint density at radius 1 is 0.952 bits per heavy atom. The summed E-state index contributed by atoms with van der Waals surface area (Å²) in [4.78, 5) is 9.92. The molecule has 0 rings (SSSR count). The van der Waals surface area contributed by atoms with E-state index in [2.05, 4.69) is 13.2 Å². The first-order chi connectivity index (χ1) is 10.2. The van der Waals surface area contributed by atoms with E-state index < -0.39 is 0 Å². The minimum absolute atomic E-state index is 0.0370. The van der Waals surface area contributed by atoms with Crippen molar-refractivity contribution in [2.45, 2.75) is 72.0 Å².